The van der Waals surface area contributed by atoms with Crippen LogP contribution in [0.4, 0.5) is 0 Å². The summed E-state index contributed by atoms with van der Waals surface area (Å²) >= 11 is 8.19. The largest absolute Gasteiger partial charge is 0.495 e. The van der Waals surface area contributed by atoms with Crippen LogP contribution in [0.3, 0.4) is 0 Å². The third kappa shape index (κ3) is 4.85. The summed E-state index contributed by atoms with van der Waals surface area (Å²) < 4.78 is 9.91. The third-order valence-electron chi connectivity index (χ3n) is 5.67. The fourth-order valence-corrected chi connectivity index (χ4v) is 6.12. The van der Waals surface area contributed by atoms with E-state index in [4.69, 9.17) is 21.9 Å². The lowest BCUT2D eigenvalue weighted by Gasteiger charge is -2.18. The Bertz CT molecular complexity index is 1560. The summed E-state index contributed by atoms with van der Waals surface area (Å²) in [5.74, 6) is 0.794. The lowest BCUT2D eigenvalue weighted by molar-refractivity contribution is -0.123. The Kier molecular flexibility index (Phi) is 7.04. The van der Waals surface area contributed by atoms with Crippen molar-refractivity contribution in [1.29, 1.82) is 0 Å². The number of thioether (sulfide) groups is 1. The number of benzene rings is 2. The van der Waals surface area contributed by atoms with Crippen LogP contribution < -0.4 is 10.3 Å². The van der Waals surface area contributed by atoms with Crippen LogP contribution in [-0.4, -0.2) is 32.8 Å². The zero-order chi connectivity index (χ0) is 25.5. The Balaban J connectivity index is 2.01. The van der Waals surface area contributed by atoms with E-state index in [1.165, 1.54) is 27.7 Å². The van der Waals surface area contributed by atoms with Crippen molar-refractivity contribution < 1.29 is 9.53 Å². The van der Waals surface area contributed by atoms with Gasteiger partial charge in [-0.3, -0.25) is 18.7 Å². The smallest absolute Gasteiger partial charge is 0.278 e. The number of aryl methyl sites for hydroxylation is 2. The van der Waals surface area contributed by atoms with Gasteiger partial charge >= 0.3 is 0 Å². The van der Waals surface area contributed by atoms with E-state index in [0.717, 1.165) is 16.8 Å². The van der Waals surface area contributed by atoms with Crippen LogP contribution >= 0.6 is 35.3 Å². The Labute approximate surface area is 217 Å². The zero-order valence-corrected chi connectivity index (χ0v) is 23.0. The molecule has 4 rings (SSSR count). The summed E-state index contributed by atoms with van der Waals surface area (Å²) in [5.41, 5.74) is 3.38. The Morgan fingerprint density at radius 3 is 2.49 bits per heavy atom. The van der Waals surface area contributed by atoms with Crippen LogP contribution in [0.15, 0.2) is 52.4 Å². The molecule has 2 heterocycles. The summed E-state index contributed by atoms with van der Waals surface area (Å²) in [6.45, 7) is 9.71. The molecule has 0 saturated carbocycles. The van der Waals surface area contributed by atoms with Gasteiger partial charge in [-0.1, -0.05) is 73.7 Å². The van der Waals surface area contributed by atoms with Gasteiger partial charge in [-0.15, -0.1) is 0 Å². The number of ether oxygens (including phenoxy) is 1. The molecule has 0 aliphatic heterocycles. The van der Waals surface area contributed by atoms with Crippen LogP contribution in [-0.2, 0) is 4.79 Å². The molecule has 0 atom stereocenters. The van der Waals surface area contributed by atoms with E-state index in [9.17, 15) is 9.59 Å². The lowest BCUT2D eigenvalue weighted by atomic mass is 9.92. The first-order valence-corrected chi connectivity index (χ1v) is 13.3. The molecule has 182 valence electrons. The summed E-state index contributed by atoms with van der Waals surface area (Å²) in [7, 11) is 1.56. The number of Topliss-reactive ketones (excluding diaryl/α,β-unsaturated/α-hetero) is 1. The van der Waals surface area contributed by atoms with Crippen LogP contribution in [0.25, 0.3) is 21.7 Å². The molecular weight excluding hydrogens is 499 g/mol. The van der Waals surface area contributed by atoms with Crippen molar-refractivity contribution >= 4 is 51.4 Å². The molecule has 0 aliphatic rings. The second kappa shape index (κ2) is 9.72. The number of nitrogens with zero attached hydrogens (tertiary/aromatic N) is 3. The summed E-state index contributed by atoms with van der Waals surface area (Å²) in [5, 5.41) is 0.413. The van der Waals surface area contributed by atoms with Crippen molar-refractivity contribution in [3.8, 4) is 17.1 Å². The highest BCUT2D eigenvalue weighted by molar-refractivity contribution is 7.99. The van der Waals surface area contributed by atoms with Crippen molar-refractivity contribution in [3.05, 3.63) is 67.9 Å². The molecule has 0 bridgehead atoms. The molecule has 35 heavy (non-hydrogen) atoms. The van der Waals surface area contributed by atoms with Crippen molar-refractivity contribution in [3.63, 3.8) is 0 Å². The van der Waals surface area contributed by atoms with E-state index in [1.807, 2.05) is 69.5 Å². The number of hydrogen-bond donors (Lipinski definition) is 0. The molecule has 0 aliphatic carbocycles. The fourth-order valence-electron chi connectivity index (χ4n) is 3.67. The number of fused-ring (bicyclic) bond motifs is 1. The van der Waals surface area contributed by atoms with Gasteiger partial charge in [-0.25, -0.2) is 4.98 Å². The van der Waals surface area contributed by atoms with Gasteiger partial charge in [0.15, 0.2) is 14.8 Å². The second-order valence-corrected chi connectivity index (χ2v) is 11.9. The predicted octanol–water partition coefficient (Wildman–Crippen LogP) is 6.30. The minimum absolute atomic E-state index is 0.0694. The van der Waals surface area contributed by atoms with Crippen LogP contribution in [0.5, 0.6) is 5.75 Å². The van der Waals surface area contributed by atoms with E-state index in [1.54, 1.807) is 13.2 Å². The number of thiazole rings is 1. The van der Waals surface area contributed by atoms with Gasteiger partial charge < -0.3 is 4.74 Å². The monoisotopic (exact) mass is 525 g/mol. The first kappa shape index (κ1) is 25.3. The Hall–Kier alpha value is -2.75. The van der Waals surface area contributed by atoms with E-state index < -0.39 is 5.41 Å². The van der Waals surface area contributed by atoms with E-state index in [0.29, 0.717) is 30.9 Å². The van der Waals surface area contributed by atoms with Gasteiger partial charge in [-0.05, 0) is 49.8 Å². The number of aromatic nitrogens is 3. The van der Waals surface area contributed by atoms with Crippen LogP contribution in [0.2, 0.25) is 0 Å². The maximum absolute atomic E-state index is 13.9. The molecular formula is C26H27N3O3S3. The highest BCUT2D eigenvalue weighted by Gasteiger charge is 2.25. The number of carbonyl (C=O) groups is 1. The summed E-state index contributed by atoms with van der Waals surface area (Å²) in [4.78, 5) is 31.6. The lowest BCUT2D eigenvalue weighted by Crippen LogP contribution is -2.25. The molecule has 0 saturated heterocycles. The Morgan fingerprint density at radius 1 is 1.11 bits per heavy atom. The summed E-state index contributed by atoms with van der Waals surface area (Å²) in [6, 6.07) is 13.4. The minimum atomic E-state index is -0.498. The number of rotatable bonds is 6. The summed E-state index contributed by atoms with van der Waals surface area (Å²) in [6.07, 6.45) is 0. The van der Waals surface area contributed by atoms with Crippen molar-refractivity contribution in [2.45, 2.75) is 39.8 Å². The molecule has 9 heteroatoms. The van der Waals surface area contributed by atoms with Crippen LogP contribution in [0, 0.1) is 23.2 Å². The van der Waals surface area contributed by atoms with E-state index in [-0.39, 0.29) is 17.1 Å². The topological polar surface area (TPSA) is 66.1 Å². The Morgan fingerprint density at radius 2 is 1.83 bits per heavy atom. The van der Waals surface area contributed by atoms with Gasteiger partial charge in [0, 0.05) is 5.41 Å². The van der Waals surface area contributed by atoms with Gasteiger partial charge in [0.25, 0.3) is 5.56 Å². The van der Waals surface area contributed by atoms with Crippen LogP contribution in [0.1, 0.15) is 31.9 Å². The van der Waals surface area contributed by atoms with Gasteiger partial charge in [0.2, 0.25) is 0 Å². The number of methoxy groups -OCH3 is 1. The van der Waals surface area contributed by atoms with Crippen molar-refractivity contribution in [1.82, 2.24) is 14.1 Å². The highest BCUT2D eigenvalue weighted by atomic mass is 32.2. The number of hydrogen-bond acceptors (Lipinski definition) is 7. The minimum Gasteiger partial charge on any atom is -0.495 e. The van der Waals surface area contributed by atoms with E-state index in [2.05, 4.69) is 6.07 Å². The molecule has 6 nitrogen and oxygen atoms in total. The molecule has 0 radical (unpaired) electrons. The van der Waals surface area contributed by atoms with Gasteiger partial charge in [0.05, 0.1) is 24.2 Å². The first-order valence-electron chi connectivity index (χ1n) is 11.1. The SMILES string of the molecule is COc1ccccc1-n1c(SCC(=O)C(C)(C)C)nc2c(sc(=S)n2-c2ccc(C)cc2C)c1=O. The predicted molar refractivity (Wildman–Crippen MR) is 147 cm³/mol. The maximum atomic E-state index is 13.9. The van der Waals surface area contributed by atoms with E-state index >= 15 is 0 Å². The maximum Gasteiger partial charge on any atom is 0.278 e. The number of para-hydroxylation sites is 2. The number of ketones is 1. The average molecular weight is 526 g/mol. The number of carbonyl (C=O) groups excluding carboxylic acids is 1. The van der Waals surface area contributed by atoms with Gasteiger partial charge in [-0.2, -0.15) is 0 Å². The fraction of sp³-hybridized carbons (Fsp3) is 0.308. The third-order valence-corrected chi connectivity index (χ3v) is 7.95. The highest BCUT2D eigenvalue weighted by Crippen LogP contribution is 2.32. The normalized spacial score (nSPS) is 11.7. The zero-order valence-electron chi connectivity index (χ0n) is 20.5. The van der Waals surface area contributed by atoms with Gasteiger partial charge in [0.1, 0.15) is 16.2 Å². The molecule has 2 aromatic heterocycles. The molecule has 2 aromatic carbocycles. The molecule has 0 spiro atoms. The molecule has 0 N–H and O–H groups in total. The second-order valence-electron chi connectivity index (χ2n) is 9.31. The molecule has 0 unspecified atom stereocenters. The van der Waals surface area contributed by atoms with Crippen molar-refractivity contribution in [2.24, 2.45) is 5.41 Å². The van der Waals surface area contributed by atoms with Crippen molar-refractivity contribution in [2.75, 3.05) is 12.9 Å². The molecule has 4 aromatic rings. The molecule has 0 fully saturated rings. The molecule has 0 amide bonds. The average Bonchev–Trinajstić information content (AvgIpc) is 3.13. The standard InChI is InChI=1S/C26H27N3O3S3/c1-15-11-12-17(16(2)13-15)28-22-21(35-25(28)33)23(31)29(18-9-7-8-10-19(18)32-6)24(27-22)34-14-20(30)26(3,4)5/h7-13H,14H2,1-6H3. The first-order chi connectivity index (χ1) is 16.5. The quantitative estimate of drug-likeness (QED) is 0.167.